The van der Waals surface area contributed by atoms with Gasteiger partial charge in [-0.15, -0.1) is 0 Å². The van der Waals surface area contributed by atoms with E-state index in [4.69, 9.17) is 4.74 Å². The van der Waals surface area contributed by atoms with Crippen LogP contribution in [0.15, 0.2) is 29.8 Å². The average molecular weight is 233 g/mol. The van der Waals surface area contributed by atoms with E-state index in [2.05, 4.69) is 57.3 Å². The molecule has 0 aliphatic rings. The number of hydrogen-bond donors (Lipinski definition) is 1. The third kappa shape index (κ3) is 4.23. The van der Waals surface area contributed by atoms with Crippen LogP contribution in [0, 0.1) is 6.92 Å². The van der Waals surface area contributed by atoms with Crippen LogP contribution in [0.1, 0.15) is 37.9 Å². The van der Waals surface area contributed by atoms with Gasteiger partial charge in [0.2, 0.25) is 0 Å². The van der Waals surface area contributed by atoms with E-state index in [1.165, 1.54) is 16.7 Å². The maximum atomic E-state index is 5.84. The van der Waals surface area contributed by atoms with Crippen LogP contribution in [0.5, 0.6) is 5.75 Å². The van der Waals surface area contributed by atoms with Gasteiger partial charge in [0.1, 0.15) is 12.4 Å². The number of benzene rings is 1. The third-order valence-corrected chi connectivity index (χ3v) is 2.80. The molecule has 0 aromatic heterocycles. The van der Waals surface area contributed by atoms with Gasteiger partial charge in [0, 0.05) is 11.6 Å². The molecule has 0 spiro atoms. The van der Waals surface area contributed by atoms with Gasteiger partial charge in [-0.3, -0.25) is 0 Å². The van der Waals surface area contributed by atoms with Crippen LogP contribution in [0.2, 0.25) is 0 Å². The van der Waals surface area contributed by atoms with Gasteiger partial charge in [0.15, 0.2) is 0 Å². The molecular formula is C15H23NO. The monoisotopic (exact) mass is 233 g/mol. The molecule has 0 amide bonds. The quantitative estimate of drug-likeness (QED) is 0.784. The number of rotatable bonds is 5. The summed E-state index contributed by atoms with van der Waals surface area (Å²) in [5.74, 6) is 0.976. The first-order valence-electron chi connectivity index (χ1n) is 6.08. The molecule has 1 aromatic carbocycles. The van der Waals surface area contributed by atoms with Gasteiger partial charge in [-0.05, 0) is 52.4 Å². The van der Waals surface area contributed by atoms with E-state index in [0.717, 1.165) is 5.75 Å². The van der Waals surface area contributed by atoms with Crippen LogP contribution < -0.4 is 10.1 Å². The Morgan fingerprint density at radius 1 is 1.41 bits per heavy atom. The molecule has 0 radical (unpaired) electrons. The highest BCUT2D eigenvalue weighted by Gasteiger charge is 2.09. The minimum absolute atomic E-state index is 0.303. The number of nitrogens with one attached hydrogen (secondary N) is 1. The molecule has 2 heteroatoms. The van der Waals surface area contributed by atoms with Crippen LogP contribution in [0.25, 0.3) is 0 Å². The molecule has 1 unspecified atom stereocenters. The van der Waals surface area contributed by atoms with E-state index in [1.54, 1.807) is 0 Å². The van der Waals surface area contributed by atoms with Crippen molar-refractivity contribution in [2.24, 2.45) is 0 Å². The van der Waals surface area contributed by atoms with Crippen molar-refractivity contribution in [3.8, 4) is 5.75 Å². The SMILES string of the molecule is CNC(C)c1ccc(C)cc1OCC=C(C)C. The predicted molar refractivity (Wildman–Crippen MR) is 73.6 cm³/mol. The second-order valence-corrected chi connectivity index (χ2v) is 4.64. The summed E-state index contributed by atoms with van der Waals surface area (Å²) in [5.41, 5.74) is 3.71. The molecular weight excluding hydrogens is 210 g/mol. The van der Waals surface area contributed by atoms with Gasteiger partial charge < -0.3 is 10.1 Å². The molecule has 0 saturated heterocycles. The number of aryl methyl sites for hydroxylation is 1. The van der Waals surface area contributed by atoms with Crippen LogP contribution >= 0.6 is 0 Å². The predicted octanol–water partition coefficient (Wildman–Crippen LogP) is 3.62. The Bertz CT molecular complexity index is 392. The van der Waals surface area contributed by atoms with Crippen LogP contribution in [-0.2, 0) is 0 Å². The van der Waals surface area contributed by atoms with E-state index < -0.39 is 0 Å². The van der Waals surface area contributed by atoms with Crippen molar-refractivity contribution < 1.29 is 4.74 Å². The van der Waals surface area contributed by atoms with Gasteiger partial charge in [0.25, 0.3) is 0 Å². The average Bonchev–Trinajstić information content (AvgIpc) is 2.28. The molecule has 17 heavy (non-hydrogen) atoms. The molecule has 0 aliphatic carbocycles. The lowest BCUT2D eigenvalue weighted by atomic mass is 10.1. The molecule has 1 N–H and O–H groups in total. The summed E-state index contributed by atoms with van der Waals surface area (Å²) in [6.45, 7) is 9.02. The van der Waals surface area contributed by atoms with Crippen molar-refractivity contribution in [3.63, 3.8) is 0 Å². The first-order chi connectivity index (χ1) is 8.04. The molecule has 0 heterocycles. The smallest absolute Gasteiger partial charge is 0.124 e. The second-order valence-electron chi connectivity index (χ2n) is 4.64. The van der Waals surface area contributed by atoms with Gasteiger partial charge in [-0.2, -0.15) is 0 Å². The summed E-state index contributed by atoms with van der Waals surface area (Å²) in [6.07, 6.45) is 2.09. The summed E-state index contributed by atoms with van der Waals surface area (Å²) in [4.78, 5) is 0. The molecule has 1 aromatic rings. The molecule has 2 nitrogen and oxygen atoms in total. The van der Waals surface area contributed by atoms with E-state index in [-0.39, 0.29) is 0 Å². The summed E-state index contributed by atoms with van der Waals surface area (Å²) in [7, 11) is 1.96. The van der Waals surface area contributed by atoms with Crippen molar-refractivity contribution in [1.82, 2.24) is 5.32 Å². The van der Waals surface area contributed by atoms with E-state index in [0.29, 0.717) is 12.6 Å². The van der Waals surface area contributed by atoms with E-state index >= 15 is 0 Å². The molecule has 1 atom stereocenters. The zero-order valence-electron chi connectivity index (χ0n) is 11.5. The lowest BCUT2D eigenvalue weighted by Gasteiger charge is -2.16. The minimum Gasteiger partial charge on any atom is -0.489 e. The molecule has 0 saturated carbocycles. The number of hydrogen-bond acceptors (Lipinski definition) is 2. The van der Waals surface area contributed by atoms with Crippen molar-refractivity contribution in [2.45, 2.75) is 33.7 Å². The molecule has 1 rings (SSSR count). The van der Waals surface area contributed by atoms with Crippen molar-refractivity contribution in [2.75, 3.05) is 13.7 Å². The van der Waals surface area contributed by atoms with Crippen LogP contribution in [0.3, 0.4) is 0 Å². The fourth-order valence-electron chi connectivity index (χ4n) is 1.58. The molecule has 0 fully saturated rings. The maximum absolute atomic E-state index is 5.84. The lowest BCUT2D eigenvalue weighted by molar-refractivity contribution is 0.354. The van der Waals surface area contributed by atoms with E-state index in [9.17, 15) is 0 Å². The maximum Gasteiger partial charge on any atom is 0.124 e. The van der Waals surface area contributed by atoms with Gasteiger partial charge in [-0.25, -0.2) is 0 Å². The van der Waals surface area contributed by atoms with Crippen molar-refractivity contribution >= 4 is 0 Å². The highest BCUT2D eigenvalue weighted by Crippen LogP contribution is 2.26. The van der Waals surface area contributed by atoms with Crippen molar-refractivity contribution in [3.05, 3.63) is 41.0 Å². The highest BCUT2D eigenvalue weighted by molar-refractivity contribution is 5.39. The molecule has 94 valence electrons. The first-order valence-corrected chi connectivity index (χ1v) is 6.08. The third-order valence-electron chi connectivity index (χ3n) is 2.80. The zero-order valence-corrected chi connectivity index (χ0v) is 11.5. The zero-order chi connectivity index (χ0) is 12.8. The summed E-state index contributed by atoms with van der Waals surface area (Å²) in [6, 6.07) is 6.66. The minimum atomic E-state index is 0.303. The largest absolute Gasteiger partial charge is 0.489 e. The van der Waals surface area contributed by atoms with Crippen molar-refractivity contribution in [1.29, 1.82) is 0 Å². The Balaban J connectivity index is 2.87. The lowest BCUT2D eigenvalue weighted by Crippen LogP contribution is -2.14. The Labute approximate surface area is 105 Å². The van der Waals surface area contributed by atoms with Gasteiger partial charge in [-0.1, -0.05) is 17.7 Å². The Morgan fingerprint density at radius 3 is 2.71 bits per heavy atom. The first kappa shape index (κ1) is 13.8. The highest BCUT2D eigenvalue weighted by atomic mass is 16.5. The fourth-order valence-corrected chi connectivity index (χ4v) is 1.58. The topological polar surface area (TPSA) is 21.3 Å². The summed E-state index contributed by atoms with van der Waals surface area (Å²) in [5, 5.41) is 3.24. The molecule has 0 aliphatic heterocycles. The summed E-state index contributed by atoms with van der Waals surface area (Å²) >= 11 is 0. The van der Waals surface area contributed by atoms with Crippen LogP contribution in [0.4, 0.5) is 0 Å². The fraction of sp³-hybridized carbons (Fsp3) is 0.467. The van der Waals surface area contributed by atoms with E-state index in [1.807, 2.05) is 7.05 Å². The Morgan fingerprint density at radius 2 is 2.12 bits per heavy atom. The Kier molecular flexibility index (Phi) is 5.23. The number of allylic oxidation sites excluding steroid dienone is 1. The number of ether oxygens (including phenoxy) is 1. The van der Waals surface area contributed by atoms with Gasteiger partial charge >= 0.3 is 0 Å². The molecule has 0 bridgehead atoms. The normalized spacial score (nSPS) is 12.1. The second kappa shape index (κ2) is 6.45. The van der Waals surface area contributed by atoms with Gasteiger partial charge in [0.05, 0.1) is 0 Å². The standard InChI is InChI=1S/C15H23NO/c1-11(2)8-9-17-15-10-12(3)6-7-14(15)13(4)16-5/h6-8,10,13,16H,9H2,1-5H3. The Hall–Kier alpha value is -1.28. The van der Waals surface area contributed by atoms with Crippen LogP contribution in [-0.4, -0.2) is 13.7 Å². The summed E-state index contributed by atoms with van der Waals surface area (Å²) < 4.78 is 5.84.